The summed E-state index contributed by atoms with van der Waals surface area (Å²) < 4.78 is 23.5. The second kappa shape index (κ2) is 7.81. The van der Waals surface area contributed by atoms with Crippen LogP contribution in [0.5, 0.6) is 11.5 Å². The van der Waals surface area contributed by atoms with Crippen molar-refractivity contribution in [2.24, 2.45) is 16.7 Å². The first-order valence-corrected chi connectivity index (χ1v) is 10.4. The summed E-state index contributed by atoms with van der Waals surface area (Å²) in [6.07, 6.45) is -0.944. The maximum Gasteiger partial charge on any atom is 0.244 e. The molecule has 1 N–H and O–H groups in total. The summed E-state index contributed by atoms with van der Waals surface area (Å²) in [6.45, 7) is 1.83. The van der Waals surface area contributed by atoms with Gasteiger partial charge in [-0.25, -0.2) is 0 Å². The number of fused-ring (bicyclic) bond motifs is 2. The normalized spacial score (nSPS) is 29.2. The standard InChI is InChI=1S/C25H22N4O4/c1-4-20-24(15-28)22(29)33-25(20,16-8-6-5-7-9-16)32-21(23(24,13-26)14-27)18-12-17(30-2)10-11-19(18)31-3/h5-12,20-21,29H,4H2,1-3H3. The van der Waals surface area contributed by atoms with Gasteiger partial charge in [-0.1, -0.05) is 37.3 Å². The number of hydrogen-bond donors (Lipinski definition) is 1. The van der Waals surface area contributed by atoms with Crippen LogP contribution in [0.25, 0.3) is 0 Å². The van der Waals surface area contributed by atoms with Gasteiger partial charge in [0.2, 0.25) is 17.1 Å². The van der Waals surface area contributed by atoms with Crippen LogP contribution in [-0.4, -0.2) is 20.1 Å². The zero-order valence-electron chi connectivity index (χ0n) is 18.5. The van der Waals surface area contributed by atoms with E-state index in [9.17, 15) is 15.8 Å². The fourth-order valence-corrected chi connectivity index (χ4v) is 5.23. The van der Waals surface area contributed by atoms with Crippen molar-refractivity contribution in [2.75, 3.05) is 14.2 Å². The van der Waals surface area contributed by atoms with Crippen molar-refractivity contribution in [3.63, 3.8) is 0 Å². The Bertz CT molecular complexity index is 1210. The van der Waals surface area contributed by atoms with Gasteiger partial charge in [0.1, 0.15) is 17.6 Å². The lowest BCUT2D eigenvalue weighted by atomic mass is 9.52. The molecule has 4 rings (SSSR count). The summed E-state index contributed by atoms with van der Waals surface area (Å²) in [5, 5.41) is 40.1. The van der Waals surface area contributed by atoms with Gasteiger partial charge in [-0.15, -0.1) is 0 Å². The number of nitrogens with zero attached hydrogens (tertiary/aromatic N) is 3. The Balaban J connectivity index is 2.10. The minimum atomic E-state index is -2.09. The molecule has 0 radical (unpaired) electrons. The van der Waals surface area contributed by atoms with Gasteiger partial charge in [-0.05, 0) is 24.6 Å². The van der Waals surface area contributed by atoms with Gasteiger partial charge in [0.15, 0.2) is 5.41 Å². The highest BCUT2D eigenvalue weighted by Crippen LogP contribution is 2.70. The molecule has 0 aromatic heterocycles. The Morgan fingerprint density at radius 2 is 1.70 bits per heavy atom. The molecule has 8 nitrogen and oxygen atoms in total. The molecule has 2 aromatic rings. The summed E-state index contributed by atoms with van der Waals surface area (Å²) in [5.74, 6) is -1.96. The van der Waals surface area contributed by atoms with E-state index in [-0.39, 0.29) is 0 Å². The van der Waals surface area contributed by atoms with Crippen molar-refractivity contribution >= 4 is 5.90 Å². The number of methoxy groups -OCH3 is 2. The van der Waals surface area contributed by atoms with Crippen LogP contribution in [0.2, 0.25) is 0 Å². The molecule has 0 aliphatic carbocycles. The van der Waals surface area contributed by atoms with Crippen molar-refractivity contribution in [3.8, 4) is 29.7 Å². The molecule has 4 unspecified atom stereocenters. The number of ether oxygens (including phenoxy) is 4. The minimum Gasteiger partial charge on any atom is -0.497 e. The number of benzene rings is 2. The van der Waals surface area contributed by atoms with Crippen LogP contribution >= 0.6 is 0 Å². The predicted octanol–water partition coefficient (Wildman–Crippen LogP) is 4.21. The molecule has 2 heterocycles. The molecule has 2 aromatic carbocycles. The van der Waals surface area contributed by atoms with Gasteiger partial charge in [0.25, 0.3) is 0 Å². The van der Waals surface area contributed by atoms with Gasteiger partial charge < -0.3 is 18.9 Å². The average Bonchev–Trinajstić information content (AvgIpc) is 3.07. The van der Waals surface area contributed by atoms with E-state index in [1.165, 1.54) is 14.2 Å². The monoisotopic (exact) mass is 442 g/mol. The van der Waals surface area contributed by atoms with E-state index in [0.29, 0.717) is 29.0 Å². The molecule has 166 valence electrons. The molecule has 2 fully saturated rings. The highest BCUT2D eigenvalue weighted by Gasteiger charge is 2.80. The van der Waals surface area contributed by atoms with E-state index in [0.717, 1.165) is 0 Å². The molecule has 0 amide bonds. The van der Waals surface area contributed by atoms with E-state index < -0.39 is 34.5 Å². The largest absolute Gasteiger partial charge is 0.497 e. The number of rotatable bonds is 5. The molecule has 2 aliphatic heterocycles. The quantitative estimate of drug-likeness (QED) is 0.733. The van der Waals surface area contributed by atoms with Crippen LogP contribution in [0.4, 0.5) is 0 Å². The molecule has 8 heteroatoms. The summed E-state index contributed by atoms with van der Waals surface area (Å²) in [7, 11) is 2.95. The lowest BCUT2D eigenvalue weighted by molar-refractivity contribution is -0.293. The predicted molar refractivity (Wildman–Crippen MR) is 116 cm³/mol. The van der Waals surface area contributed by atoms with Gasteiger partial charge in [-0.2, -0.15) is 15.8 Å². The first-order valence-electron chi connectivity index (χ1n) is 10.4. The van der Waals surface area contributed by atoms with Crippen molar-refractivity contribution < 1.29 is 18.9 Å². The molecule has 4 atom stereocenters. The Kier molecular flexibility index (Phi) is 5.24. The maximum absolute atomic E-state index is 10.5. The van der Waals surface area contributed by atoms with Gasteiger partial charge >= 0.3 is 0 Å². The van der Waals surface area contributed by atoms with Gasteiger partial charge in [-0.3, -0.25) is 5.41 Å². The molecule has 2 saturated heterocycles. The third-order valence-corrected chi connectivity index (χ3v) is 6.73. The molecular weight excluding hydrogens is 420 g/mol. The Labute approximate surface area is 192 Å². The molecule has 33 heavy (non-hydrogen) atoms. The summed E-state index contributed by atoms with van der Waals surface area (Å²) in [4.78, 5) is 0. The van der Waals surface area contributed by atoms with Crippen LogP contribution in [0.1, 0.15) is 30.6 Å². The first-order chi connectivity index (χ1) is 15.9. The van der Waals surface area contributed by atoms with E-state index in [1.54, 1.807) is 42.5 Å². The molecular formula is C25H22N4O4. The summed E-state index contributed by atoms with van der Waals surface area (Å²) >= 11 is 0. The molecule has 0 spiro atoms. The zero-order valence-corrected chi connectivity index (χ0v) is 18.5. The van der Waals surface area contributed by atoms with E-state index >= 15 is 0 Å². The van der Waals surface area contributed by atoms with Gasteiger partial charge in [0, 0.05) is 11.1 Å². The van der Waals surface area contributed by atoms with E-state index in [2.05, 4.69) is 18.2 Å². The SMILES string of the molecule is CCC1C2(c3ccccc3)OC(=N)C1(C#N)C(C#N)(C#N)C(c1cc(OC)ccc1OC)O2. The number of nitriles is 3. The first kappa shape index (κ1) is 22.1. The highest BCUT2D eigenvalue weighted by atomic mass is 16.7. The van der Waals surface area contributed by atoms with Crippen molar-refractivity contribution in [1.82, 2.24) is 0 Å². The minimum absolute atomic E-state index is 0.331. The second-order valence-electron chi connectivity index (χ2n) is 7.98. The average molecular weight is 442 g/mol. The van der Waals surface area contributed by atoms with Gasteiger partial charge in [0.05, 0.1) is 38.3 Å². The smallest absolute Gasteiger partial charge is 0.244 e. The Morgan fingerprint density at radius 1 is 1.00 bits per heavy atom. The maximum atomic E-state index is 10.5. The fraction of sp³-hybridized carbons (Fsp3) is 0.360. The van der Waals surface area contributed by atoms with Crippen LogP contribution in [-0.2, 0) is 15.3 Å². The Morgan fingerprint density at radius 3 is 2.24 bits per heavy atom. The zero-order chi connectivity index (χ0) is 23.9. The third-order valence-electron chi connectivity index (χ3n) is 6.73. The topological polar surface area (TPSA) is 132 Å². The van der Waals surface area contributed by atoms with Crippen LogP contribution < -0.4 is 9.47 Å². The molecule has 2 aliphatic rings. The molecule has 0 saturated carbocycles. The number of hydrogen-bond acceptors (Lipinski definition) is 8. The highest BCUT2D eigenvalue weighted by molar-refractivity contribution is 5.89. The van der Waals surface area contributed by atoms with Crippen LogP contribution in [0.3, 0.4) is 0 Å². The number of nitrogens with one attached hydrogen (secondary N) is 1. The van der Waals surface area contributed by atoms with E-state index in [4.69, 9.17) is 24.4 Å². The van der Waals surface area contributed by atoms with Crippen molar-refractivity contribution in [2.45, 2.75) is 25.2 Å². The van der Waals surface area contributed by atoms with Crippen molar-refractivity contribution in [3.05, 3.63) is 59.7 Å². The lowest BCUT2D eigenvalue weighted by Gasteiger charge is -2.49. The molecule has 2 bridgehead atoms. The Hall–Kier alpha value is -4.06. The summed E-state index contributed by atoms with van der Waals surface area (Å²) in [5.41, 5.74) is -3.02. The van der Waals surface area contributed by atoms with E-state index in [1.807, 2.05) is 13.0 Å². The van der Waals surface area contributed by atoms with Crippen LogP contribution in [0, 0.1) is 56.2 Å². The fourth-order valence-electron chi connectivity index (χ4n) is 5.23. The lowest BCUT2D eigenvalue weighted by Crippen LogP contribution is -2.58. The second-order valence-corrected chi connectivity index (χ2v) is 7.98. The van der Waals surface area contributed by atoms with Crippen molar-refractivity contribution in [1.29, 1.82) is 21.2 Å². The third kappa shape index (κ3) is 2.61. The van der Waals surface area contributed by atoms with Crippen LogP contribution in [0.15, 0.2) is 48.5 Å². The summed E-state index contributed by atoms with van der Waals surface area (Å²) in [6, 6.07) is 20.2.